The van der Waals surface area contributed by atoms with Crippen molar-refractivity contribution in [1.82, 2.24) is 22.9 Å². The number of carbonyl (C=O) groups is 6. The number of aliphatic carboxylic acids is 1. The molecule has 0 spiro atoms. The van der Waals surface area contributed by atoms with E-state index in [9.17, 15) is 50.2 Å². The number of benzene rings is 7. The summed E-state index contributed by atoms with van der Waals surface area (Å²) in [7, 11) is 7.11. The predicted molar refractivity (Wildman–Crippen MR) is 450 cm³/mol. The third-order valence-electron chi connectivity index (χ3n) is 17.4. The van der Waals surface area contributed by atoms with Crippen molar-refractivity contribution in [2.24, 2.45) is 0 Å². The summed E-state index contributed by atoms with van der Waals surface area (Å²) in [4.78, 5) is 75.6. The molecule has 1 atom stereocenters. The van der Waals surface area contributed by atoms with E-state index in [2.05, 4.69) is 39.8 Å². The van der Waals surface area contributed by atoms with E-state index in [1.54, 1.807) is 121 Å². The average molecular weight is 1840 g/mol. The Labute approximate surface area is 784 Å². The minimum absolute atomic E-state index is 0. The van der Waals surface area contributed by atoms with Gasteiger partial charge in [-0.3, -0.25) is 32.7 Å². The molecule has 0 fully saturated rings. The predicted octanol–water partition coefficient (Wildman–Crippen LogP) is 10.8. The van der Waals surface area contributed by atoms with E-state index < -0.39 is 49.9 Å². The summed E-state index contributed by atoms with van der Waals surface area (Å²) in [6, 6.07) is 39.6. The molecule has 0 radical (unpaired) electrons. The van der Waals surface area contributed by atoms with Gasteiger partial charge in [-0.25, -0.2) is 29.6 Å². The second-order valence-electron chi connectivity index (χ2n) is 24.5. The first kappa shape index (κ1) is 107. The molecule has 1 unspecified atom stereocenters. The minimum Gasteiger partial charge on any atom is -0.870 e. The van der Waals surface area contributed by atoms with Crippen molar-refractivity contribution in [2.45, 2.75) is 62.2 Å². The number of rotatable bonds is 29. The van der Waals surface area contributed by atoms with Gasteiger partial charge in [-0.15, -0.1) is 0 Å². The zero-order valence-corrected chi connectivity index (χ0v) is 77.0. The number of nitrogens with zero attached hydrogens (tertiary/aromatic N) is 2. The normalized spacial score (nSPS) is 10.9. The molecular weight excluding hydrogens is 1740 g/mol. The van der Waals surface area contributed by atoms with Crippen LogP contribution >= 0.6 is 18.3 Å². The molecule has 7 aromatic carbocycles. The Balaban J connectivity index is 0.000000382. The standard InChI is InChI=1S/C20H21NO6S.C19H19NO6S.C13H15NO3.C13H13NO3.C10H9NO2.C7H15O5P.Ar.ClHO2S.K.H2O/c1-25-15-5-8-17(9-6-15)28(23,24)21-13-14(4-11-20(22)27-3)18-12-16(26-2)7-10-19(18)21;1-25-14-4-7-16(8-5-14)27(23,24)20-12-13(3-10-19(21)22)17-11-15(26-2)6-9-18(17)20;2*1-16-10-4-5-12-11(7-10)9(8-14-12)3-6-13(15)17-2;1-13-8-2-3-10-9(4-8)7(6-12)5-11-10;1-4-11-13(9,12-5-2)6-7(8)10-3;;1-4(2)3;;/h5-10,12-13H,4,11H2,1-3H3;4-9,11-12H,3,10H2,1-2H3,(H,21,22);4-5,7-8,14H,3,6H2,1-2H3;3-8,14H,1-2H3;2-6,11H,1H3;4-6H2,1-3H3;;(H,2,3);;1H2/q;;;;;;;;+1;/p-2/b;;;6-3-;;;;;;. The maximum Gasteiger partial charge on any atom is 1.00 e. The van der Waals surface area contributed by atoms with Gasteiger partial charge in [-0.2, -0.15) is 0 Å². The number of hydrogen-bond donors (Lipinski definition) is 4. The van der Waals surface area contributed by atoms with Gasteiger partial charge in [0.15, 0.2) is 6.29 Å². The fourth-order valence-electron chi connectivity index (χ4n) is 11.4. The summed E-state index contributed by atoms with van der Waals surface area (Å²) < 4.78 is 148. The number of ether oxygens (including phenoxy) is 11. The van der Waals surface area contributed by atoms with E-state index in [1.165, 1.54) is 94.3 Å². The van der Waals surface area contributed by atoms with E-state index >= 15 is 0 Å². The number of methoxy groups -OCH3 is 11. The number of aromatic amines is 3. The summed E-state index contributed by atoms with van der Waals surface area (Å²) in [5, 5.41) is 13.3. The van der Waals surface area contributed by atoms with Gasteiger partial charge >= 0.3 is 88.8 Å². The van der Waals surface area contributed by atoms with Crippen molar-refractivity contribution < 1.29 is 220 Å². The van der Waals surface area contributed by atoms with Crippen LogP contribution in [0.1, 0.15) is 65.7 Å². The molecule has 40 heteroatoms. The Morgan fingerprint density at radius 2 is 0.803 bits per heavy atom. The van der Waals surface area contributed by atoms with Crippen LogP contribution in [-0.4, -0.2) is 193 Å². The number of esters is 4. The molecule has 5 aromatic heterocycles. The molecule has 0 saturated carbocycles. The molecule has 33 nitrogen and oxygen atoms in total. The van der Waals surface area contributed by atoms with Crippen LogP contribution in [0.5, 0.6) is 40.2 Å². The maximum atomic E-state index is 13.2. The SMILES string of the molecule is CCOP(=O)(CC(=O)OC)OCC.COC(=O)/C=C\c1c[nH]c2ccc(OC)cc12.COC(=O)CCc1c[nH]c2ccc(OC)cc12.COC(=O)CCc1cn(S(=O)(=O)c2ccc(OC)cc2)c2ccc(OC)cc12.COc1ccc(S(=O)(=O)n2cc(CCC(=O)O)c3cc(OC)ccc32)cc1.COc1ccc2[nH]cc(C=O)c2c1.O=S([O-])Cl.[Ar].[K+].[OH-]. The fraction of sp³-hybridized carbons (Fsp3) is 0.268. The van der Waals surface area contributed by atoms with Gasteiger partial charge in [0.05, 0.1) is 112 Å². The average Bonchev–Trinajstić information content (AvgIpc) is 1.55. The van der Waals surface area contributed by atoms with E-state index in [4.69, 9.17) is 60.8 Å². The van der Waals surface area contributed by atoms with Crippen molar-refractivity contribution >= 4 is 145 Å². The Morgan fingerprint density at radius 1 is 0.475 bits per heavy atom. The van der Waals surface area contributed by atoms with Crippen LogP contribution in [0.4, 0.5) is 0 Å². The third kappa shape index (κ3) is 31.0. The zero-order valence-electron chi connectivity index (χ0n) is 69.1. The molecule has 5 N–H and O–H groups in total. The van der Waals surface area contributed by atoms with Gasteiger partial charge < -0.3 is 91.2 Å². The molecule has 122 heavy (non-hydrogen) atoms. The minimum atomic E-state index is -3.85. The molecule has 0 saturated heterocycles. The van der Waals surface area contributed by atoms with E-state index in [1.807, 2.05) is 67.0 Å². The number of hydrogen-bond acceptors (Lipinski definition) is 27. The molecular formula is C82H93ArClKN5O28PS3-. The van der Waals surface area contributed by atoms with Crippen LogP contribution in [0.25, 0.3) is 60.6 Å². The van der Waals surface area contributed by atoms with Crippen LogP contribution in [0.15, 0.2) is 186 Å². The summed E-state index contributed by atoms with van der Waals surface area (Å²) in [5.74, 6) is 2.19. The van der Waals surface area contributed by atoms with Gasteiger partial charge in [-0.1, -0.05) is 0 Å². The first-order valence-electron chi connectivity index (χ1n) is 35.8. The number of fused-ring (bicyclic) bond motifs is 5. The van der Waals surface area contributed by atoms with Gasteiger partial charge in [0, 0.05) is 159 Å². The largest absolute Gasteiger partial charge is 1.00 e. The summed E-state index contributed by atoms with van der Waals surface area (Å²) in [6.07, 6.45) is 13.8. The number of aldehydes is 1. The Hall–Kier alpha value is -9.09. The van der Waals surface area contributed by atoms with Crippen molar-refractivity contribution in [3.8, 4) is 40.2 Å². The monoisotopic (exact) mass is 1840 g/mol. The molecule has 0 aliphatic heterocycles. The van der Waals surface area contributed by atoms with Crippen LogP contribution in [-0.2, 0) is 106 Å². The van der Waals surface area contributed by atoms with Crippen molar-refractivity contribution in [1.29, 1.82) is 0 Å². The van der Waals surface area contributed by atoms with Gasteiger partial charge in [0.1, 0.15) is 46.4 Å². The maximum absolute atomic E-state index is 13.2. The first-order chi connectivity index (χ1) is 56.9. The molecule has 12 rings (SSSR count). The smallest absolute Gasteiger partial charge is 0.870 e. The second-order valence-corrected chi connectivity index (χ2v) is 31.3. The van der Waals surface area contributed by atoms with Gasteiger partial charge in [-0.05, 0) is 206 Å². The second kappa shape index (κ2) is 53.2. The zero-order chi connectivity index (χ0) is 87.6. The quantitative estimate of drug-likeness (QED) is 0.00494. The molecule has 0 bridgehead atoms. The van der Waals surface area contributed by atoms with Gasteiger partial charge in [0.25, 0.3) is 20.0 Å². The molecule has 0 aliphatic rings. The summed E-state index contributed by atoms with van der Waals surface area (Å²) in [5.41, 5.74) is 8.00. The number of carbonyl (C=O) groups excluding carboxylic acids is 5. The van der Waals surface area contributed by atoms with Crippen LogP contribution in [0.3, 0.4) is 0 Å². The van der Waals surface area contributed by atoms with Crippen LogP contribution < -0.4 is 84.5 Å². The first-order valence-corrected chi connectivity index (χ1v) is 42.3. The number of carboxylic acids is 1. The topological polar surface area (TPSA) is 455 Å². The Kier molecular flexibility index (Phi) is 46.7. The van der Waals surface area contributed by atoms with Crippen molar-refractivity contribution in [3.63, 3.8) is 0 Å². The van der Waals surface area contributed by atoms with Crippen molar-refractivity contribution in [3.05, 3.63) is 204 Å². The van der Waals surface area contributed by atoms with E-state index in [0.29, 0.717) is 75.2 Å². The molecule has 654 valence electrons. The van der Waals surface area contributed by atoms with Crippen LogP contribution in [0.2, 0.25) is 0 Å². The van der Waals surface area contributed by atoms with Crippen LogP contribution in [0, 0.1) is 37.7 Å². The number of aryl methyl sites for hydroxylation is 3. The number of carboxylic acid groups (broad SMARTS) is 1. The molecule has 12 aromatic rings. The summed E-state index contributed by atoms with van der Waals surface area (Å²) >= 11 is 0. The molecule has 0 aliphatic carbocycles. The van der Waals surface area contributed by atoms with E-state index in [0.717, 1.165) is 72.9 Å². The Morgan fingerprint density at radius 3 is 1.16 bits per heavy atom. The fourth-order valence-corrected chi connectivity index (χ4v) is 15.6. The molecule has 0 amide bonds. The van der Waals surface area contributed by atoms with Gasteiger partial charge in [0.2, 0.25) is 0 Å². The number of aromatic nitrogens is 5. The summed E-state index contributed by atoms with van der Waals surface area (Å²) in [6.45, 7) is 3.86. The number of halogens is 1. The number of nitrogens with one attached hydrogen (secondary N) is 3. The van der Waals surface area contributed by atoms with E-state index in [-0.39, 0.29) is 161 Å². The van der Waals surface area contributed by atoms with Crippen molar-refractivity contribution in [2.75, 3.05) is 97.6 Å². The third-order valence-corrected chi connectivity index (χ3v) is 22.7. The Bertz CT molecular complexity index is 5760. The molecule has 5 heterocycles. The number of H-pyrrole nitrogens is 3.